The van der Waals surface area contributed by atoms with Crippen LogP contribution in [0.1, 0.15) is 22.3 Å². The van der Waals surface area contributed by atoms with Crippen molar-refractivity contribution in [2.45, 2.75) is 13.3 Å². The zero-order chi connectivity index (χ0) is 12.4. The van der Waals surface area contributed by atoms with E-state index >= 15 is 0 Å². The van der Waals surface area contributed by atoms with Crippen LogP contribution in [-0.2, 0) is 4.79 Å². The fraction of sp³-hybridized carbons (Fsp3) is 0.167. The van der Waals surface area contributed by atoms with Crippen molar-refractivity contribution >= 4 is 11.8 Å². The Hall–Kier alpha value is -2.30. The molecule has 2 rings (SSSR count). The average Bonchev–Trinajstić information content (AvgIpc) is 2.67. The second-order valence-electron chi connectivity index (χ2n) is 3.84. The SMILES string of the molecule is Cc1ccc(O)c(C(=O)NC2=CCC(=O)N2)c1. The van der Waals surface area contributed by atoms with Crippen LogP contribution in [0.2, 0.25) is 0 Å². The summed E-state index contributed by atoms with van der Waals surface area (Å²) in [6.07, 6.45) is 1.85. The van der Waals surface area contributed by atoms with Gasteiger partial charge in [0, 0.05) is 6.42 Å². The summed E-state index contributed by atoms with van der Waals surface area (Å²) < 4.78 is 0. The van der Waals surface area contributed by atoms with Gasteiger partial charge in [0.2, 0.25) is 5.91 Å². The van der Waals surface area contributed by atoms with Crippen LogP contribution in [0.15, 0.2) is 30.1 Å². The van der Waals surface area contributed by atoms with Crippen LogP contribution in [0.3, 0.4) is 0 Å². The van der Waals surface area contributed by atoms with E-state index in [4.69, 9.17) is 0 Å². The van der Waals surface area contributed by atoms with Crippen molar-refractivity contribution < 1.29 is 14.7 Å². The third kappa shape index (κ3) is 2.44. The van der Waals surface area contributed by atoms with Crippen molar-refractivity contribution in [1.29, 1.82) is 0 Å². The molecule has 0 fully saturated rings. The summed E-state index contributed by atoms with van der Waals surface area (Å²) in [6, 6.07) is 4.76. The highest BCUT2D eigenvalue weighted by molar-refractivity contribution is 5.98. The molecule has 0 unspecified atom stereocenters. The first-order valence-electron chi connectivity index (χ1n) is 5.17. The maximum Gasteiger partial charge on any atom is 0.260 e. The second-order valence-corrected chi connectivity index (χ2v) is 3.84. The lowest BCUT2D eigenvalue weighted by Crippen LogP contribution is -2.31. The highest BCUT2D eigenvalue weighted by atomic mass is 16.3. The zero-order valence-electron chi connectivity index (χ0n) is 9.28. The van der Waals surface area contributed by atoms with E-state index in [1.165, 1.54) is 6.07 Å². The van der Waals surface area contributed by atoms with Gasteiger partial charge in [-0.15, -0.1) is 0 Å². The molecule has 5 nitrogen and oxygen atoms in total. The van der Waals surface area contributed by atoms with E-state index in [9.17, 15) is 14.7 Å². The number of hydrogen-bond acceptors (Lipinski definition) is 3. The molecule has 0 aliphatic carbocycles. The van der Waals surface area contributed by atoms with Crippen molar-refractivity contribution in [2.75, 3.05) is 0 Å². The van der Waals surface area contributed by atoms with Crippen molar-refractivity contribution in [2.24, 2.45) is 0 Å². The Balaban J connectivity index is 2.15. The highest BCUT2D eigenvalue weighted by Gasteiger charge is 2.16. The Morgan fingerprint density at radius 1 is 1.47 bits per heavy atom. The molecule has 1 aromatic rings. The normalized spacial score (nSPS) is 14.2. The van der Waals surface area contributed by atoms with Crippen molar-refractivity contribution in [3.63, 3.8) is 0 Å². The van der Waals surface area contributed by atoms with Crippen LogP contribution in [0.25, 0.3) is 0 Å². The lowest BCUT2D eigenvalue weighted by molar-refractivity contribution is -0.118. The largest absolute Gasteiger partial charge is 0.507 e. The van der Waals surface area contributed by atoms with Gasteiger partial charge < -0.3 is 15.7 Å². The lowest BCUT2D eigenvalue weighted by atomic mass is 10.1. The van der Waals surface area contributed by atoms with Gasteiger partial charge in [-0.2, -0.15) is 0 Å². The molecular weight excluding hydrogens is 220 g/mol. The Bertz CT molecular complexity index is 520. The van der Waals surface area contributed by atoms with E-state index in [1.807, 2.05) is 6.92 Å². The summed E-state index contributed by atoms with van der Waals surface area (Å²) >= 11 is 0. The van der Waals surface area contributed by atoms with Gasteiger partial charge in [0.05, 0.1) is 5.56 Å². The number of phenols is 1. The van der Waals surface area contributed by atoms with Crippen LogP contribution in [0, 0.1) is 6.92 Å². The van der Waals surface area contributed by atoms with Crippen molar-refractivity contribution in [3.8, 4) is 5.75 Å². The standard InChI is InChI=1S/C12H12N2O3/c1-7-2-3-9(15)8(6-7)12(17)14-10-4-5-11(16)13-10/h2-4,6,15H,5H2,1H3,(H,13,16)(H,14,17). The number of carbonyl (C=O) groups excluding carboxylic acids is 2. The molecule has 5 heteroatoms. The Kier molecular flexibility index (Phi) is 2.82. The van der Waals surface area contributed by atoms with E-state index < -0.39 is 5.91 Å². The molecule has 0 spiro atoms. The second kappa shape index (κ2) is 4.29. The number of benzene rings is 1. The van der Waals surface area contributed by atoms with E-state index in [1.54, 1.807) is 18.2 Å². The average molecular weight is 232 g/mol. The molecule has 0 saturated heterocycles. The third-order valence-electron chi connectivity index (χ3n) is 2.41. The monoisotopic (exact) mass is 232 g/mol. The fourth-order valence-electron chi connectivity index (χ4n) is 1.55. The zero-order valence-corrected chi connectivity index (χ0v) is 9.28. The minimum atomic E-state index is -0.445. The number of hydrogen-bond donors (Lipinski definition) is 3. The first kappa shape index (κ1) is 11.2. The summed E-state index contributed by atoms with van der Waals surface area (Å²) in [6.45, 7) is 1.83. The maximum atomic E-state index is 11.8. The van der Waals surface area contributed by atoms with E-state index in [2.05, 4.69) is 10.6 Å². The van der Waals surface area contributed by atoms with Gasteiger partial charge in [-0.3, -0.25) is 9.59 Å². The van der Waals surface area contributed by atoms with Crippen LogP contribution in [-0.4, -0.2) is 16.9 Å². The Labute approximate surface area is 98.1 Å². The smallest absolute Gasteiger partial charge is 0.260 e. The molecule has 1 aliphatic heterocycles. The Morgan fingerprint density at radius 3 is 2.88 bits per heavy atom. The van der Waals surface area contributed by atoms with Crippen molar-refractivity contribution in [3.05, 3.63) is 41.2 Å². The van der Waals surface area contributed by atoms with Crippen LogP contribution >= 0.6 is 0 Å². The Morgan fingerprint density at radius 2 is 2.24 bits per heavy atom. The summed E-state index contributed by atoms with van der Waals surface area (Å²) in [7, 11) is 0. The molecule has 0 aromatic heterocycles. The number of amides is 2. The van der Waals surface area contributed by atoms with Gasteiger partial charge in [-0.05, 0) is 25.1 Å². The third-order valence-corrected chi connectivity index (χ3v) is 2.41. The molecule has 0 bridgehead atoms. The number of carbonyl (C=O) groups is 2. The maximum absolute atomic E-state index is 11.8. The highest BCUT2D eigenvalue weighted by Crippen LogP contribution is 2.18. The summed E-state index contributed by atoms with van der Waals surface area (Å²) in [4.78, 5) is 22.7. The molecular formula is C12H12N2O3. The minimum absolute atomic E-state index is 0.0852. The van der Waals surface area contributed by atoms with Gasteiger partial charge in [0.15, 0.2) is 0 Å². The molecule has 1 aromatic carbocycles. The number of aromatic hydroxyl groups is 1. The first-order valence-corrected chi connectivity index (χ1v) is 5.17. The first-order chi connectivity index (χ1) is 8.06. The minimum Gasteiger partial charge on any atom is -0.507 e. The van der Waals surface area contributed by atoms with Gasteiger partial charge >= 0.3 is 0 Å². The van der Waals surface area contributed by atoms with Crippen LogP contribution in [0.5, 0.6) is 5.75 Å². The number of nitrogens with one attached hydrogen (secondary N) is 2. The number of phenolic OH excluding ortho intramolecular Hbond substituents is 1. The molecule has 0 atom stereocenters. The van der Waals surface area contributed by atoms with Gasteiger partial charge in [-0.25, -0.2) is 0 Å². The molecule has 0 saturated carbocycles. The number of rotatable bonds is 2. The molecule has 0 radical (unpaired) electrons. The van der Waals surface area contributed by atoms with E-state index in [0.29, 0.717) is 5.82 Å². The molecule has 88 valence electrons. The topological polar surface area (TPSA) is 78.4 Å². The molecule has 17 heavy (non-hydrogen) atoms. The molecule has 3 N–H and O–H groups in total. The van der Waals surface area contributed by atoms with Crippen LogP contribution < -0.4 is 10.6 Å². The quantitative estimate of drug-likeness (QED) is 0.705. The molecule has 1 heterocycles. The lowest BCUT2D eigenvalue weighted by Gasteiger charge is -2.08. The van der Waals surface area contributed by atoms with Gasteiger partial charge in [0.25, 0.3) is 5.91 Å². The molecule has 2 amide bonds. The van der Waals surface area contributed by atoms with Crippen LogP contribution in [0.4, 0.5) is 0 Å². The number of aryl methyl sites for hydroxylation is 1. The van der Waals surface area contributed by atoms with Gasteiger partial charge in [0.1, 0.15) is 11.6 Å². The fourth-order valence-corrected chi connectivity index (χ4v) is 1.55. The summed E-state index contributed by atoms with van der Waals surface area (Å²) in [5.74, 6) is -0.327. The van der Waals surface area contributed by atoms with Gasteiger partial charge in [-0.1, -0.05) is 11.6 Å². The summed E-state index contributed by atoms with van der Waals surface area (Å²) in [5.41, 5.74) is 1.06. The van der Waals surface area contributed by atoms with E-state index in [-0.39, 0.29) is 23.6 Å². The van der Waals surface area contributed by atoms with E-state index in [0.717, 1.165) is 5.56 Å². The predicted octanol–water partition coefficient (Wildman–Crippen LogP) is 0.792. The van der Waals surface area contributed by atoms with Crippen molar-refractivity contribution in [1.82, 2.24) is 10.6 Å². The predicted molar refractivity (Wildman–Crippen MR) is 61.2 cm³/mol. The summed E-state index contributed by atoms with van der Waals surface area (Å²) in [5, 5.41) is 14.6. The molecule has 1 aliphatic rings.